The van der Waals surface area contributed by atoms with Crippen LogP contribution >= 0.6 is 0 Å². The summed E-state index contributed by atoms with van der Waals surface area (Å²) >= 11 is 0. The van der Waals surface area contributed by atoms with Crippen LogP contribution in [0.1, 0.15) is 32.6 Å². The van der Waals surface area contributed by atoms with E-state index in [0.29, 0.717) is 12.8 Å². The normalized spacial score (nSPS) is 22.2. The van der Waals surface area contributed by atoms with Crippen molar-refractivity contribution < 1.29 is 14.3 Å². The van der Waals surface area contributed by atoms with E-state index >= 15 is 0 Å². The third-order valence-corrected chi connectivity index (χ3v) is 2.41. The SMILES string of the molecule is COC(=O)CCC1=[N+]([O-])C(C)CC1. The number of carbonyl (C=O) groups excluding carboxylic acids is 1. The first kappa shape index (κ1) is 10.0. The highest BCUT2D eigenvalue weighted by Crippen LogP contribution is 2.14. The first-order chi connectivity index (χ1) is 6.15. The molecule has 1 heterocycles. The first-order valence-corrected chi connectivity index (χ1v) is 4.53. The Labute approximate surface area is 77.8 Å². The molecule has 1 aliphatic rings. The molecule has 1 rings (SSSR count). The monoisotopic (exact) mass is 185 g/mol. The topological polar surface area (TPSA) is 52.4 Å². The standard InChI is InChI=1S/C9H15NO3/c1-7-3-4-8(10(7)12)5-6-9(11)13-2/h7H,3-6H2,1-2H3. The van der Waals surface area contributed by atoms with Gasteiger partial charge in [0.1, 0.15) is 0 Å². The Bertz CT molecular complexity index is 235. The molecule has 1 atom stereocenters. The van der Waals surface area contributed by atoms with Gasteiger partial charge in [0.2, 0.25) is 0 Å². The number of methoxy groups -OCH3 is 1. The summed E-state index contributed by atoms with van der Waals surface area (Å²) in [6.45, 7) is 1.90. The summed E-state index contributed by atoms with van der Waals surface area (Å²) in [6, 6.07) is 0.0765. The fraction of sp³-hybridized carbons (Fsp3) is 0.778. The van der Waals surface area contributed by atoms with E-state index in [4.69, 9.17) is 0 Å². The zero-order valence-corrected chi connectivity index (χ0v) is 8.08. The molecule has 0 fully saturated rings. The Hall–Kier alpha value is -1.06. The van der Waals surface area contributed by atoms with E-state index < -0.39 is 0 Å². The molecule has 0 aromatic rings. The fourth-order valence-electron chi connectivity index (χ4n) is 1.50. The summed E-state index contributed by atoms with van der Waals surface area (Å²) in [5.41, 5.74) is 0.831. The smallest absolute Gasteiger partial charge is 0.306 e. The van der Waals surface area contributed by atoms with Crippen LogP contribution in [0.25, 0.3) is 0 Å². The summed E-state index contributed by atoms with van der Waals surface area (Å²) in [6.07, 6.45) is 2.58. The highest BCUT2D eigenvalue weighted by molar-refractivity contribution is 5.84. The van der Waals surface area contributed by atoms with Crippen molar-refractivity contribution in [3.8, 4) is 0 Å². The van der Waals surface area contributed by atoms with Crippen molar-refractivity contribution in [1.29, 1.82) is 0 Å². The minimum absolute atomic E-state index is 0.0765. The van der Waals surface area contributed by atoms with E-state index in [9.17, 15) is 10.0 Å². The zero-order chi connectivity index (χ0) is 9.84. The highest BCUT2D eigenvalue weighted by atomic mass is 16.5. The Balaban J connectivity index is 2.41. The number of rotatable bonds is 3. The zero-order valence-electron chi connectivity index (χ0n) is 8.08. The molecule has 0 aromatic heterocycles. The molecule has 1 aliphatic heterocycles. The van der Waals surface area contributed by atoms with Gasteiger partial charge in [-0.15, -0.1) is 0 Å². The van der Waals surface area contributed by atoms with E-state index in [1.807, 2.05) is 6.92 Å². The van der Waals surface area contributed by atoms with Gasteiger partial charge in [-0.3, -0.25) is 4.79 Å². The number of esters is 1. The lowest BCUT2D eigenvalue weighted by Gasteiger charge is -2.06. The second-order valence-electron chi connectivity index (χ2n) is 3.36. The summed E-state index contributed by atoms with van der Waals surface area (Å²) < 4.78 is 5.53. The lowest BCUT2D eigenvalue weighted by atomic mass is 10.1. The molecule has 4 nitrogen and oxygen atoms in total. The third kappa shape index (κ3) is 2.44. The molecule has 0 bridgehead atoms. The van der Waals surface area contributed by atoms with Crippen LogP contribution in [-0.2, 0) is 9.53 Å². The molecule has 0 aliphatic carbocycles. The number of ether oxygens (including phenoxy) is 1. The average molecular weight is 185 g/mol. The molecule has 1 unspecified atom stereocenters. The lowest BCUT2D eigenvalue weighted by molar-refractivity contribution is -0.488. The predicted octanol–water partition coefficient (Wildman–Crippen LogP) is 1.07. The van der Waals surface area contributed by atoms with E-state index in [1.54, 1.807) is 0 Å². The van der Waals surface area contributed by atoms with E-state index in [0.717, 1.165) is 23.3 Å². The summed E-state index contributed by atoms with van der Waals surface area (Å²) in [5.74, 6) is -0.250. The Morgan fingerprint density at radius 2 is 2.46 bits per heavy atom. The quantitative estimate of drug-likeness (QED) is 0.375. The van der Waals surface area contributed by atoms with Crippen molar-refractivity contribution >= 4 is 11.7 Å². The van der Waals surface area contributed by atoms with Crippen LogP contribution in [0.15, 0.2) is 0 Å². The van der Waals surface area contributed by atoms with Crippen LogP contribution in [0, 0.1) is 5.21 Å². The van der Waals surface area contributed by atoms with E-state index in [2.05, 4.69) is 4.74 Å². The summed E-state index contributed by atoms with van der Waals surface area (Å²) in [5, 5.41) is 11.3. The largest absolute Gasteiger partial charge is 0.624 e. The summed E-state index contributed by atoms with van der Waals surface area (Å²) in [7, 11) is 1.36. The Morgan fingerprint density at radius 1 is 1.77 bits per heavy atom. The molecule has 0 radical (unpaired) electrons. The van der Waals surface area contributed by atoms with Crippen molar-refractivity contribution in [2.75, 3.05) is 7.11 Å². The van der Waals surface area contributed by atoms with Crippen molar-refractivity contribution in [1.82, 2.24) is 0 Å². The average Bonchev–Trinajstić information content (AvgIpc) is 2.44. The third-order valence-electron chi connectivity index (χ3n) is 2.41. The molecule has 0 amide bonds. The number of hydrogen-bond acceptors (Lipinski definition) is 3. The van der Waals surface area contributed by atoms with Crippen LogP contribution in [0.4, 0.5) is 0 Å². The maximum Gasteiger partial charge on any atom is 0.306 e. The number of nitrogens with zero attached hydrogens (tertiary/aromatic N) is 1. The molecule has 13 heavy (non-hydrogen) atoms. The maximum atomic E-state index is 11.3. The predicted molar refractivity (Wildman–Crippen MR) is 48.6 cm³/mol. The minimum Gasteiger partial charge on any atom is -0.624 e. The maximum absolute atomic E-state index is 11.3. The molecule has 4 heteroatoms. The summed E-state index contributed by atoms with van der Waals surface area (Å²) in [4.78, 5) is 10.8. The van der Waals surface area contributed by atoms with Gasteiger partial charge in [-0.1, -0.05) is 0 Å². The van der Waals surface area contributed by atoms with Gasteiger partial charge in [0.05, 0.1) is 13.5 Å². The molecule has 0 saturated carbocycles. The van der Waals surface area contributed by atoms with Crippen LogP contribution in [-0.4, -0.2) is 29.6 Å². The second kappa shape index (κ2) is 4.25. The van der Waals surface area contributed by atoms with Gasteiger partial charge in [0.25, 0.3) is 0 Å². The van der Waals surface area contributed by atoms with E-state index in [1.165, 1.54) is 7.11 Å². The number of hydroxylamine groups is 1. The van der Waals surface area contributed by atoms with Gasteiger partial charge in [-0.05, 0) is 6.92 Å². The Morgan fingerprint density at radius 3 is 2.92 bits per heavy atom. The van der Waals surface area contributed by atoms with E-state index in [-0.39, 0.29) is 12.0 Å². The number of carbonyl (C=O) groups is 1. The Kier molecular flexibility index (Phi) is 3.28. The molecular formula is C9H15NO3. The van der Waals surface area contributed by atoms with Gasteiger partial charge in [-0.25, -0.2) is 4.74 Å². The van der Waals surface area contributed by atoms with Crippen molar-refractivity contribution in [2.24, 2.45) is 0 Å². The molecule has 0 aromatic carbocycles. The van der Waals surface area contributed by atoms with Crippen molar-refractivity contribution in [3.63, 3.8) is 0 Å². The minimum atomic E-state index is -0.250. The molecule has 74 valence electrons. The van der Waals surface area contributed by atoms with Crippen LogP contribution < -0.4 is 0 Å². The van der Waals surface area contributed by atoms with Gasteiger partial charge in [-0.2, -0.15) is 0 Å². The lowest BCUT2D eigenvalue weighted by Crippen LogP contribution is -2.16. The van der Waals surface area contributed by atoms with Gasteiger partial charge < -0.3 is 9.94 Å². The molecule has 0 spiro atoms. The van der Waals surface area contributed by atoms with Crippen LogP contribution in [0.2, 0.25) is 0 Å². The van der Waals surface area contributed by atoms with Gasteiger partial charge in [0, 0.05) is 19.3 Å². The van der Waals surface area contributed by atoms with Crippen molar-refractivity contribution in [3.05, 3.63) is 5.21 Å². The molecular weight excluding hydrogens is 170 g/mol. The highest BCUT2D eigenvalue weighted by Gasteiger charge is 2.25. The fourth-order valence-corrected chi connectivity index (χ4v) is 1.50. The molecule has 0 saturated heterocycles. The van der Waals surface area contributed by atoms with Crippen LogP contribution in [0.5, 0.6) is 0 Å². The van der Waals surface area contributed by atoms with Gasteiger partial charge >= 0.3 is 5.97 Å². The second-order valence-corrected chi connectivity index (χ2v) is 3.36. The number of hydrogen-bond donors (Lipinski definition) is 0. The van der Waals surface area contributed by atoms with Crippen molar-refractivity contribution in [2.45, 2.75) is 38.6 Å². The van der Waals surface area contributed by atoms with Crippen LogP contribution in [0.3, 0.4) is 0 Å². The molecule has 0 N–H and O–H groups in total. The van der Waals surface area contributed by atoms with Gasteiger partial charge in [0.15, 0.2) is 11.8 Å². The first-order valence-electron chi connectivity index (χ1n) is 4.53.